The van der Waals surface area contributed by atoms with Gasteiger partial charge in [0.25, 0.3) is 11.6 Å². The summed E-state index contributed by atoms with van der Waals surface area (Å²) in [5.74, 6) is -0.208. The van der Waals surface area contributed by atoms with Crippen molar-refractivity contribution in [2.75, 3.05) is 18.0 Å². The van der Waals surface area contributed by atoms with E-state index in [1.807, 2.05) is 0 Å². The molecule has 1 heterocycles. The van der Waals surface area contributed by atoms with Gasteiger partial charge in [-0.2, -0.15) is 5.26 Å². The molecule has 0 aliphatic carbocycles. The molecule has 1 fully saturated rings. The van der Waals surface area contributed by atoms with Gasteiger partial charge in [-0.05, 0) is 30.9 Å². The van der Waals surface area contributed by atoms with E-state index in [2.05, 4.69) is 11.8 Å². The number of nitrogens with two attached hydrogens (primary N) is 1. The van der Waals surface area contributed by atoms with E-state index in [4.69, 9.17) is 11.0 Å². The van der Waals surface area contributed by atoms with E-state index in [0.29, 0.717) is 11.5 Å². The highest BCUT2D eigenvalue weighted by atomic mass is 16.6. The number of non-ortho nitro benzene ring substituents is 1. The lowest BCUT2D eigenvalue weighted by Crippen LogP contribution is -2.33. The molecule has 2 rings (SSSR count). The van der Waals surface area contributed by atoms with Crippen LogP contribution in [0.5, 0.6) is 0 Å². The SMILES string of the molecule is CC1CCN(c2ccc([N+](=O)[O-])cc2/C=C(\C#N)C(N)=O)CC1. The molecular weight excluding hydrogens is 296 g/mol. The molecule has 1 aliphatic heterocycles. The lowest BCUT2D eigenvalue weighted by Gasteiger charge is -2.33. The Hall–Kier alpha value is -2.88. The Morgan fingerprint density at radius 1 is 1.48 bits per heavy atom. The van der Waals surface area contributed by atoms with Crippen LogP contribution in [-0.4, -0.2) is 23.9 Å². The van der Waals surface area contributed by atoms with Gasteiger partial charge in [0.2, 0.25) is 0 Å². The number of carbonyl (C=O) groups excluding carboxylic acids is 1. The molecule has 7 nitrogen and oxygen atoms in total. The molecule has 0 radical (unpaired) electrons. The minimum absolute atomic E-state index is 0.0906. The van der Waals surface area contributed by atoms with Crippen molar-refractivity contribution in [3.8, 4) is 6.07 Å². The standard InChI is InChI=1S/C16H18N4O3/c1-11-4-6-19(7-5-11)15-3-2-14(20(22)23)9-12(15)8-13(10-17)16(18)21/h2-3,8-9,11H,4-7H2,1H3,(H2,18,21)/b13-8+. The number of nitro benzene ring substituents is 1. The fourth-order valence-electron chi connectivity index (χ4n) is 2.62. The lowest BCUT2D eigenvalue weighted by atomic mass is 9.97. The largest absolute Gasteiger partial charge is 0.371 e. The van der Waals surface area contributed by atoms with Crippen molar-refractivity contribution < 1.29 is 9.72 Å². The van der Waals surface area contributed by atoms with Gasteiger partial charge in [0.1, 0.15) is 11.6 Å². The highest BCUT2D eigenvalue weighted by molar-refractivity contribution is 6.01. The van der Waals surface area contributed by atoms with Crippen molar-refractivity contribution in [1.82, 2.24) is 0 Å². The zero-order valence-electron chi connectivity index (χ0n) is 12.9. The van der Waals surface area contributed by atoms with Crippen LogP contribution < -0.4 is 10.6 Å². The summed E-state index contributed by atoms with van der Waals surface area (Å²) in [6.45, 7) is 3.85. The maximum absolute atomic E-state index is 11.3. The number of carbonyl (C=O) groups is 1. The maximum Gasteiger partial charge on any atom is 0.270 e. The van der Waals surface area contributed by atoms with Gasteiger partial charge in [0, 0.05) is 36.5 Å². The first-order valence-electron chi connectivity index (χ1n) is 7.37. The van der Waals surface area contributed by atoms with Crippen LogP contribution in [0.15, 0.2) is 23.8 Å². The minimum Gasteiger partial charge on any atom is -0.371 e. The summed E-state index contributed by atoms with van der Waals surface area (Å²) in [5, 5.41) is 20.0. The molecule has 0 saturated carbocycles. The summed E-state index contributed by atoms with van der Waals surface area (Å²) >= 11 is 0. The number of amides is 1. The number of hydrogen-bond acceptors (Lipinski definition) is 5. The van der Waals surface area contributed by atoms with Crippen LogP contribution >= 0.6 is 0 Å². The zero-order valence-corrected chi connectivity index (χ0v) is 12.9. The lowest BCUT2D eigenvalue weighted by molar-refractivity contribution is -0.384. The second kappa shape index (κ2) is 6.92. The van der Waals surface area contributed by atoms with E-state index in [9.17, 15) is 14.9 Å². The summed E-state index contributed by atoms with van der Waals surface area (Å²) in [4.78, 5) is 23.9. The third-order valence-corrected chi connectivity index (χ3v) is 4.03. The fourth-order valence-corrected chi connectivity index (χ4v) is 2.62. The first-order valence-corrected chi connectivity index (χ1v) is 7.37. The maximum atomic E-state index is 11.3. The number of benzene rings is 1. The molecule has 0 bridgehead atoms. The van der Waals surface area contributed by atoms with Crippen molar-refractivity contribution in [3.63, 3.8) is 0 Å². The van der Waals surface area contributed by atoms with Crippen LogP contribution in [0.4, 0.5) is 11.4 Å². The van der Waals surface area contributed by atoms with Gasteiger partial charge in [0.15, 0.2) is 0 Å². The van der Waals surface area contributed by atoms with Gasteiger partial charge < -0.3 is 10.6 Å². The minimum atomic E-state index is -0.850. The smallest absolute Gasteiger partial charge is 0.270 e. The molecule has 1 aliphatic rings. The van der Waals surface area contributed by atoms with Gasteiger partial charge in [-0.25, -0.2) is 0 Å². The van der Waals surface area contributed by atoms with E-state index < -0.39 is 10.8 Å². The third-order valence-electron chi connectivity index (χ3n) is 4.03. The van der Waals surface area contributed by atoms with E-state index in [1.54, 1.807) is 12.1 Å². The van der Waals surface area contributed by atoms with Crippen molar-refractivity contribution in [2.24, 2.45) is 11.7 Å². The van der Waals surface area contributed by atoms with Gasteiger partial charge in [-0.1, -0.05) is 6.92 Å². The van der Waals surface area contributed by atoms with Gasteiger partial charge in [-0.3, -0.25) is 14.9 Å². The molecule has 1 saturated heterocycles. The normalized spacial score (nSPS) is 16.0. The quantitative estimate of drug-likeness (QED) is 0.396. The summed E-state index contributed by atoms with van der Waals surface area (Å²) in [6.07, 6.45) is 3.38. The van der Waals surface area contributed by atoms with E-state index >= 15 is 0 Å². The third kappa shape index (κ3) is 3.86. The van der Waals surface area contributed by atoms with Crippen molar-refractivity contribution in [2.45, 2.75) is 19.8 Å². The molecule has 0 spiro atoms. The molecular formula is C16H18N4O3. The summed E-state index contributed by atoms with van der Waals surface area (Å²) in [6, 6.07) is 6.20. The van der Waals surface area contributed by atoms with Crippen molar-refractivity contribution in [3.05, 3.63) is 39.4 Å². The Morgan fingerprint density at radius 2 is 2.13 bits per heavy atom. The van der Waals surface area contributed by atoms with Crippen LogP contribution in [0.2, 0.25) is 0 Å². The van der Waals surface area contributed by atoms with Gasteiger partial charge in [0.05, 0.1) is 4.92 Å². The van der Waals surface area contributed by atoms with Crippen LogP contribution in [0.3, 0.4) is 0 Å². The summed E-state index contributed by atoms with van der Waals surface area (Å²) in [7, 11) is 0. The molecule has 2 N–H and O–H groups in total. The highest BCUT2D eigenvalue weighted by Crippen LogP contribution is 2.30. The second-order valence-corrected chi connectivity index (χ2v) is 5.70. The summed E-state index contributed by atoms with van der Waals surface area (Å²) < 4.78 is 0. The summed E-state index contributed by atoms with van der Waals surface area (Å²) in [5.41, 5.74) is 6.08. The Balaban J connectivity index is 2.47. The number of hydrogen-bond donors (Lipinski definition) is 1. The molecule has 1 aromatic rings. The average Bonchev–Trinajstić information content (AvgIpc) is 2.53. The van der Waals surface area contributed by atoms with Crippen LogP contribution in [0, 0.1) is 27.4 Å². The van der Waals surface area contributed by atoms with Crippen LogP contribution in [0.1, 0.15) is 25.3 Å². The second-order valence-electron chi connectivity index (χ2n) is 5.70. The number of primary amides is 1. The van der Waals surface area contributed by atoms with Gasteiger partial charge in [-0.15, -0.1) is 0 Å². The predicted molar refractivity (Wildman–Crippen MR) is 86.5 cm³/mol. The molecule has 0 atom stereocenters. The van der Waals surface area contributed by atoms with E-state index in [1.165, 1.54) is 18.2 Å². The predicted octanol–water partition coefficient (Wildman–Crippen LogP) is 2.22. The van der Waals surface area contributed by atoms with E-state index in [0.717, 1.165) is 31.6 Å². The Bertz CT molecular complexity index is 698. The van der Waals surface area contributed by atoms with E-state index in [-0.39, 0.29) is 11.3 Å². The highest BCUT2D eigenvalue weighted by Gasteiger charge is 2.20. The molecule has 7 heteroatoms. The van der Waals surface area contributed by atoms with Crippen molar-refractivity contribution in [1.29, 1.82) is 5.26 Å². The number of rotatable bonds is 4. The molecule has 1 amide bonds. The molecule has 120 valence electrons. The number of anilines is 1. The van der Waals surface area contributed by atoms with Crippen LogP contribution in [0.25, 0.3) is 6.08 Å². The fraction of sp³-hybridized carbons (Fsp3) is 0.375. The number of nitrogens with zero attached hydrogens (tertiary/aromatic N) is 3. The first kappa shape index (κ1) is 16.5. The monoisotopic (exact) mass is 314 g/mol. The number of nitriles is 1. The number of nitro groups is 1. The Morgan fingerprint density at radius 3 is 2.65 bits per heavy atom. The molecule has 0 unspecified atom stereocenters. The Labute approximate surface area is 134 Å². The topological polar surface area (TPSA) is 113 Å². The molecule has 0 aromatic heterocycles. The molecule has 1 aromatic carbocycles. The van der Waals surface area contributed by atoms with Crippen LogP contribution in [-0.2, 0) is 4.79 Å². The van der Waals surface area contributed by atoms with Crippen molar-refractivity contribution >= 4 is 23.4 Å². The Kier molecular flexibility index (Phi) is 4.96. The average molecular weight is 314 g/mol. The van der Waals surface area contributed by atoms with Gasteiger partial charge >= 0.3 is 0 Å². The zero-order chi connectivity index (χ0) is 17.0. The molecule has 23 heavy (non-hydrogen) atoms. The first-order chi connectivity index (χ1) is 10.9. The number of piperidine rings is 1.